The summed E-state index contributed by atoms with van der Waals surface area (Å²) < 4.78 is 34.9. The van der Waals surface area contributed by atoms with E-state index in [-0.39, 0.29) is 11.5 Å². The van der Waals surface area contributed by atoms with Gasteiger partial charge in [0.2, 0.25) is 5.83 Å². The van der Waals surface area contributed by atoms with Gasteiger partial charge in [0.25, 0.3) is 0 Å². The molecule has 1 fully saturated rings. The molecule has 1 aliphatic heterocycles. The Labute approximate surface area is 81.3 Å². The first-order valence-electron chi connectivity index (χ1n) is 4.22. The molecule has 1 atom stereocenters. The van der Waals surface area contributed by atoms with E-state index in [1.165, 1.54) is 0 Å². The number of halogens is 1. The fourth-order valence-electron chi connectivity index (χ4n) is 1.47. The molecule has 1 N–H and O–H groups in total. The molecule has 0 saturated carbocycles. The average molecular weight is 222 g/mol. The molecule has 1 unspecified atom stereocenters. The normalized spacial score (nSPS) is 27.2. The Bertz CT molecular complexity index is 358. The average Bonchev–Trinajstić information content (AvgIpc) is 2.01. The van der Waals surface area contributed by atoms with Crippen LogP contribution in [0.4, 0.5) is 4.39 Å². The molecule has 0 spiro atoms. The Morgan fingerprint density at radius 1 is 1.50 bits per heavy atom. The van der Waals surface area contributed by atoms with Crippen molar-refractivity contribution in [2.75, 3.05) is 11.5 Å². The number of carbonyl (C=O) groups is 1. The van der Waals surface area contributed by atoms with Crippen molar-refractivity contribution in [3.63, 3.8) is 0 Å². The van der Waals surface area contributed by atoms with Crippen LogP contribution >= 0.6 is 0 Å². The van der Waals surface area contributed by atoms with Crippen molar-refractivity contribution in [1.82, 2.24) is 0 Å². The summed E-state index contributed by atoms with van der Waals surface area (Å²) in [4.78, 5) is 10.1. The molecule has 1 aliphatic rings. The van der Waals surface area contributed by atoms with Gasteiger partial charge in [-0.05, 0) is 24.8 Å². The molecule has 14 heavy (non-hydrogen) atoms. The Kier molecular flexibility index (Phi) is 3.25. The number of hydrogen-bond acceptors (Lipinski definition) is 3. The second-order valence-corrected chi connectivity index (χ2v) is 5.57. The number of sulfone groups is 1. The zero-order valence-corrected chi connectivity index (χ0v) is 8.26. The topological polar surface area (TPSA) is 71.4 Å². The third-order valence-corrected chi connectivity index (χ3v) is 3.93. The maximum Gasteiger partial charge on any atom is 0.364 e. The lowest BCUT2D eigenvalue weighted by Gasteiger charge is -2.18. The van der Waals surface area contributed by atoms with E-state index in [0.717, 1.165) is 6.08 Å². The van der Waals surface area contributed by atoms with Crippen molar-refractivity contribution in [2.24, 2.45) is 5.92 Å². The number of carboxylic acids is 1. The summed E-state index contributed by atoms with van der Waals surface area (Å²) >= 11 is 0. The molecule has 6 heteroatoms. The van der Waals surface area contributed by atoms with E-state index in [4.69, 9.17) is 5.11 Å². The number of hydrogen-bond donors (Lipinski definition) is 1. The second-order valence-electron chi connectivity index (χ2n) is 3.34. The summed E-state index contributed by atoms with van der Waals surface area (Å²) in [6.45, 7) is 0. The Hall–Kier alpha value is -0.910. The molecule has 0 aromatic carbocycles. The zero-order chi connectivity index (χ0) is 10.8. The van der Waals surface area contributed by atoms with Gasteiger partial charge >= 0.3 is 5.97 Å². The van der Waals surface area contributed by atoms with Gasteiger partial charge in [-0.2, -0.15) is 4.39 Å². The van der Waals surface area contributed by atoms with Gasteiger partial charge in [0, 0.05) is 0 Å². The first kappa shape index (κ1) is 11.2. The molecule has 1 heterocycles. The van der Waals surface area contributed by atoms with Crippen molar-refractivity contribution in [1.29, 1.82) is 0 Å². The first-order valence-corrected chi connectivity index (χ1v) is 6.04. The van der Waals surface area contributed by atoms with E-state index < -0.39 is 27.6 Å². The van der Waals surface area contributed by atoms with Crippen molar-refractivity contribution >= 4 is 15.8 Å². The molecule has 4 nitrogen and oxygen atoms in total. The van der Waals surface area contributed by atoms with E-state index in [2.05, 4.69) is 0 Å². The minimum absolute atomic E-state index is 0.117. The Balaban J connectivity index is 2.71. The molecule has 1 rings (SSSR count). The summed E-state index contributed by atoms with van der Waals surface area (Å²) in [5.74, 6) is -3.44. The smallest absolute Gasteiger partial charge is 0.364 e. The third kappa shape index (κ3) is 3.10. The summed E-state index contributed by atoms with van der Waals surface area (Å²) in [6, 6.07) is 0. The SMILES string of the molecule is O=C(O)/C(F)=C/C1CCCS(=O)(=O)C1. The Morgan fingerprint density at radius 2 is 2.14 bits per heavy atom. The lowest BCUT2D eigenvalue weighted by Crippen LogP contribution is -2.24. The molecule has 0 bridgehead atoms. The molecule has 0 amide bonds. The fourth-order valence-corrected chi connectivity index (χ4v) is 3.16. The van der Waals surface area contributed by atoms with Gasteiger partial charge in [0.15, 0.2) is 9.84 Å². The van der Waals surface area contributed by atoms with E-state index in [0.29, 0.717) is 12.8 Å². The highest BCUT2D eigenvalue weighted by molar-refractivity contribution is 7.91. The highest BCUT2D eigenvalue weighted by Crippen LogP contribution is 2.21. The summed E-state index contributed by atoms with van der Waals surface area (Å²) in [5, 5.41) is 8.25. The minimum atomic E-state index is -3.11. The van der Waals surface area contributed by atoms with Gasteiger partial charge in [-0.3, -0.25) is 0 Å². The first-order chi connectivity index (χ1) is 6.41. The van der Waals surface area contributed by atoms with Gasteiger partial charge in [-0.25, -0.2) is 13.2 Å². The highest BCUT2D eigenvalue weighted by Gasteiger charge is 2.24. The predicted octanol–water partition coefficient (Wildman–Crippen LogP) is 0.749. The molecule has 80 valence electrons. The molecule has 1 saturated heterocycles. The van der Waals surface area contributed by atoms with Crippen LogP contribution in [0.1, 0.15) is 12.8 Å². The van der Waals surface area contributed by atoms with Crippen LogP contribution in [-0.4, -0.2) is 31.0 Å². The van der Waals surface area contributed by atoms with Gasteiger partial charge < -0.3 is 5.11 Å². The van der Waals surface area contributed by atoms with Crippen molar-refractivity contribution in [2.45, 2.75) is 12.8 Å². The highest BCUT2D eigenvalue weighted by atomic mass is 32.2. The molecule has 0 aliphatic carbocycles. The maximum atomic E-state index is 12.6. The Morgan fingerprint density at radius 3 is 2.64 bits per heavy atom. The lowest BCUT2D eigenvalue weighted by molar-refractivity contribution is -0.134. The van der Waals surface area contributed by atoms with Gasteiger partial charge in [0.05, 0.1) is 11.5 Å². The molecule has 0 aromatic rings. The van der Waals surface area contributed by atoms with E-state index >= 15 is 0 Å². The molecule has 0 radical (unpaired) electrons. The van der Waals surface area contributed by atoms with Crippen LogP contribution in [0.25, 0.3) is 0 Å². The summed E-state index contributed by atoms with van der Waals surface area (Å²) in [6.07, 6.45) is 1.88. The number of carboxylic acid groups (broad SMARTS) is 1. The van der Waals surface area contributed by atoms with Crippen LogP contribution in [0.3, 0.4) is 0 Å². The van der Waals surface area contributed by atoms with Crippen molar-refractivity contribution < 1.29 is 22.7 Å². The number of rotatable bonds is 2. The third-order valence-electron chi connectivity index (χ3n) is 2.08. The zero-order valence-electron chi connectivity index (χ0n) is 7.44. The van der Waals surface area contributed by atoms with Crippen LogP contribution in [0, 0.1) is 5.92 Å². The van der Waals surface area contributed by atoms with Crippen LogP contribution < -0.4 is 0 Å². The molecule has 0 aromatic heterocycles. The second kappa shape index (κ2) is 4.08. The van der Waals surface area contributed by atoms with Crippen LogP contribution in [0.2, 0.25) is 0 Å². The maximum absolute atomic E-state index is 12.6. The number of allylic oxidation sites excluding steroid dienone is 1. The van der Waals surface area contributed by atoms with Gasteiger partial charge in [-0.15, -0.1) is 0 Å². The minimum Gasteiger partial charge on any atom is -0.476 e. The van der Waals surface area contributed by atoms with E-state index in [9.17, 15) is 17.6 Å². The van der Waals surface area contributed by atoms with E-state index in [1.54, 1.807) is 0 Å². The molecular formula is C8H11FO4S. The summed E-state index contributed by atoms with van der Waals surface area (Å²) in [7, 11) is -3.11. The summed E-state index contributed by atoms with van der Waals surface area (Å²) in [5.41, 5.74) is 0. The fraction of sp³-hybridized carbons (Fsp3) is 0.625. The van der Waals surface area contributed by atoms with Gasteiger partial charge in [-0.1, -0.05) is 0 Å². The van der Waals surface area contributed by atoms with Crippen LogP contribution in [-0.2, 0) is 14.6 Å². The lowest BCUT2D eigenvalue weighted by atomic mass is 10.0. The largest absolute Gasteiger partial charge is 0.476 e. The van der Waals surface area contributed by atoms with Crippen LogP contribution in [0.15, 0.2) is 11.9 Å². The number of aliphatic carboxylic acids is 1. The van der Waals surface area contributed by atoms with E-state index in [1.807, 2.05) is 0 Å². The van der Waals surface area contributed by atoms with Crippen molar-refractivity contribution in [3.8, 4) is 0 Å². The van der Waals surface area contributed by atoms with Gasteiger partial charge in [0.1, 0.15) is 0 Å². The quantitative estimate of drug-likeness (QED) is 0.700. The predicted molar refractivity (Wildman–Crippen MR) is 48.2 cm³/mol. The van der Waals surface area contributed by atoms with Crippen LogP contribution in [0.5, 0.6) is 0 Å². The monoisotopic (exact) mass is 222 g/mol. The standard InChI is InChI=1S/C8H11FO4S/c9-7(8(10)11)4-6-2-1-3-14(12,13)5-6/h4,6H,1-3,5H2,(H,10,11)/b7-4-. The van der Waals surface area contributed by atoms with Crippen molar-refractivity contribution in [3.05, 3.63) is 11.9 Å². The molecular weight excluding hydrogens is 211 g/mol.